The smallest absolute Gasteiger partial charge is 0.253 e. The molecule has 184 valence electrons. The van der Waals surface area contributed by atoms with Gasteiger partial charge in [-0.2, -0.15) is 0 Å². The molecule has 1 aromatic heterocycles. The van der Waals surface area contributed by atoms with E-state index in [1.165, 1.54) is 0 Å². The number of H-pyrrole nitrogens is 1. The van der Waals surface area contributed by atoms with Crippen molar-refractivity contribution in [2.45, 2.75) is 71.8 Å². The molecule has 1 aliphatic heterocycles. The number of aryl methyl sites for hydroxylation is 2. The van der Waals surface area contributed by atoms with E-state index < -0.39 is 5.79 Å². The summed E-state index contributed by atoms with van der Waals surface area (Å²) in [5.74, 6) is 0.137. The molecule has 1 saturated carbocycles. The maximum Gasteiger partial charge on any atom is 0.253 e. The predicted octanol–water partition coefficient (Wildman–Crippen LogP) is 4.49. The number of fused-ring (bicyclic) bond motifs is 1. The first kappa shape index (κ1) is 24.6. The molecule has 1 aromatic carbocycles. The van der Waals surface area contributed by atoms with Gasteiger partial charge in [0.25, 0.3) is 17.3 Å². The van der Waals surface area contributed by atoms with Gasteiger partial charge in [0.15, 0.2) is 11.5 Å². The molecule has 8 heteroatoms. The van der Waals surface area contributed by atoms with Crippen LogP contribution in [0.5, 0.6) is 11.5 Å². The van der Waals surface area contributed by atoms with Crippen LogP contribution < -0.4 is 20.3 Å². The van der Waals surface area contributed by atoms with Gasteiger partial charge in [-0.1, -0.05) is 11.6 Å². The summed E-state index contributed by atoms with van der Waals surface area (Å²) in [5, 5.41) is 3.20. The predicted molar refractivity (Wildman–Crippen MR) is 133 cm³/mol. The van der Waals surface area contributed by atoms with Crippen LogP contribution in [-0.4, -0.2) is 41.7 Å². The summed E-state index contributed by atoms with van der Waals surface area (Å²) in [5.41, 5.74) is 3.05. The second kappa shape index (κ2) is 9.27. The van der Waals surface area contributed by atoms with E-state index in [4.69, 9.17) is 21.1 Å². The Bertz CT molecular complexity index is 1170. The molecular weight excluding hydrogens is 454 g/mol. The van der Waals surface area contributed by atoms with Gasteiger partial charge in [-0.15, -0.1) is 0 Å². The Kier molecular flexibility index (Phi) is 6.71. The Hall–Kier alpha value is -2.51. The molecule has 34 heavy (non-hydrogen) atoms. The third-order valence-electron chi connectivity index (χ3n) is 7.38. The molecule has 1 atom stereocenters. The number of hydrogen-bond donors (Lipinski definition) is 2. The van der Waals surface area contributed by atoms with Crippen molar-refractivity contribution in [2.24, 2.45) is 5.92 Å². The van der Waals surface area contributed by atoms with Crippen LogP contribution in [0.15, 0.2) is 16.9 Å². The zero-order chi connectivity index (χ0) is 24.8. The van der Waals surface area contributed by atoms with Crippen molar-refractivity contribution in [2.75, 3.05) is 14.1 Å². The molecule has 2 aliphatic rings. The van der Waals surface area contributed by atoms with Crippen molar-refractivity contribution in [3.63, 3.8) is 0 Å². The fourth-order valence-electron chi connectivity index (χ4n) is 5.23. The van der Waals surface area contributed by atoms with E-state index in [9.17, 15) is 9.59 Å². The minimum absolute atomic E-state index is 0.124. The lowest BCUT2D eigenvalue weighted by atomic mass is 9.81. The van der Waals surface area contributed by atoms with Crippen molar-refractivity contribution >= 4 is 17.5 Å². The van der Waals surface area contributed by atoms with Gasteiger partial charge in [-0.05, 0) is 78.2 Å². The molecule has 7 nitrogen and oxygen atoms in total. The second-order valence-corrected chi connectivity index (χ2v) is 10.4. The Balaban J connectivity index is 1.52. The van der Waals surface area contributed by atoms with Crippen LogP contribution in [0.4, 0.5) is 0 Å². The number of carbonyl (C=O) groups is 1. The quantitative estimate of drug-likeness (QED) is 0.649. The van der Waals surface area contributed by atoms with Gasteiger partial charge >= 0.3 is 0 Å². The van der Waals surface area contributed by atoms with E-state index in [0.717, 1.165) is 36.9 Å². The first-order valence-electron chi connectivity index (χ1n) is 11.8. The highest BCUT2D eigenvalue weighted by Gasteiger charge is 2.47. The first-order valence-corrected chi connectivity index (χ1v) is 12.2. The van der Waals surface area contributed by atoms with Gasteiger partial charge in [0.2, 0.25) is 0 Å². The number of nitrogens with one attached hydrogen (secondary N) is 2. The van der Waals surface area contributed by atoms with Gasteiger partial charge < -0.3 is 24.7 Å². The molecule has 2 heterocycles. The number of amides is 1. The molecule has 0 spiro atoms. The lowest BCUT2D eigenvalue weighted by Crippen LogP contribution is -2.46. The molecule has 1 fully saturated rings. The van der Waals surface area contributed by atoms with E-state index in [0.29, 0.717) is 39.3 Å². The van der Waals surface area contributed by atoms with E-state index in [1.54, 1.807) is 6.07 Å². The Morgan fingerprint density at radius 3 is 2.41 bits per heavy atom. The summed E-state index contributed by atoms with van der Waals surface area (Å²) in [6.45, 7) is 7.62. The highest BCUT2D eigenvalue weighted by atomic mass is 35.5. The molecule has 0 saturated heterocycles. The largest absolute Gasteiger partial charge is 0.448 e. The maximum absolute atomic E-state index is 13.1. The number of pyridine rings is 1. The minimum Gasteiger partial charge on any atom is -0.448 e. The summed E-state index contributed by atoms with van der Waals surface area (Å²) in [6, 6.07) is 4.09. The fraction of sp³-hybridized carbons (Fsp3) is 0.538. The third kappa shape index (κ3) is 4.56. The number of hydrogen-bond acceptors (Lipinski definition) is 5. The van der Waals surface area contributed by atoms with Gasteiger partial charge in [0, 0.05) is 47.8 Å². The van der Waals surface area contributed by atoms with Crippen LogP contribution in [0.3, 0.4) is 0 Å². The number of nitrogens with zero attached hydrogens (tertiary/aromatic N) is 1. The average Bonchev–Trinajstić information content (AvgIpc) is 3.15. The number of ether oxygens (including phenoxy) is 2. The lowest BCUT2D eigenvalue weighted by Gasteiger charge is -2.39. The van der Waals surface area contributed by atoms with E-state index >= 15 is 0 Å². The van der Waals surface area contributed by atoms with Crippen LogP contribution in [0, 0.1) is 26.7 Å². The number of rotatable bonds is 5. The minimum atomic E-state index is -0.810. The SMILES string of the molecule is Cc1cc(C)c(CNC(=O)c2cc(Cl)c3c(c2C)OC(C)([C@H]2CC[C@H](N(C)C)CC2)O3)c(=O)[nH]1. The van der Waals surface area contributed by atoms with E-state index in [1.807, 2.05) is 33.8 Å². The molecule has 2 N–H and O–H groups in total. The van der Waals surface area contributed by atoms with Crippen molar-refractivity contribution in [3.8, 4) is 11.5 Å². The standard InChI is InChI=1S/C26H34ClN3O4/c1-14-11-15(2)29-25(32)20(14)13-28-24(31)19-12-21(27)23-22(16(19)3)33-26(4,34-23)17-7-9-18(10-8-17)30(5)6/h11-12,17-18H,7-10,13H2,1-6H3,(H,28,31)(H,29,32)/t17-,18-,26?. The van der Waals surface area contributed by atoms with Crippen LogP contribution in [0.1, 0.15) is 65.3 Å². The molecule has 1 unspecified atom stereocenters. The molecule has 2 aromatic rings. The van der Waals surface area contributed by atoms with E-state index in [2.05, 4.69) is 29.3 Å². The molecular formula is C26H34ClN3O4. The Labute approximate surface area is 205 Å². The number of carbonyl (C=O) groups excluding carboxylic acids is 1. The summed E-state index contributed by atoms with van der Waals surface area (Å²) >= 11 is 6.56. The summed E-state index contributed by atoms with van der Waals surface area (Å²) in [6.07, 6.45) is 4.19. The maximum atomic E-state index is 13.1. The highest BCUT2D eigenvalue weighted by Crippen LogP contribution is 2.51. The second-order valence-electron chi connectivity index (χ2n) is 10.0. The summed E-state index contributed by atoms with van der Waals surface area (Å²) in [4.78, 5) is 30.4. The number of halogens is 1. The Morgan fingerprint density at radius 2 is 1.79 bits per heavy atom. The van der Waals surface area contributed by atoms with Gasteiger partial charge in [0.05, 0.1) is 5.02 Å². The number of aromatic amines is 1. The van der Waals surface area contributed by atoms with E-state index in [-0.39, 0.29) is 23.9 Å². The van der Waals surface area contributed by atoms with Crippen LogP contribution in [0.2, 0.25) is 5.02 Å². The first-order chi connectivity index (χ1) is 16.0. The summed E-state index contributed by atoms with van der Waals surface area (Å²) < 4.78 is 12.7. The highest BCUT2D eigenvalue weighted by molar-refractivity contribution is 6.33. The molecule has 1 aliphatic carbocycles. The zero-order valence-corrected chi connectivity index (χ0v) is 21.6. The van der Waals surface area contributed by atoms with Gasteiger partial charge in [-0.3, -0.25) is 9.59 Å². The van der Waals surface area contributed by atoms with Crippen LogP contribution in [-0.2, 0) is 6.54 Å². The molecule has 0 radical (unpaired) electrons. The summed E-state index contributed by atoms with van der Waals surface area (Å²) in [7, 11) is 4.24. The third-order valence-corrected chi connectivity index (χ3v) is 7.66. The monoisotopic (exact) mass is 487 g/mol. The average molecular weight is 488 g/mol. The normalized spacial score (nSPS) is 23.9. The topological polar surface area (TPSA) is 83.7 Å². The Morgan fingerprint density at radius 1 is 1.15 bits per heavy atom. The van der Waals surface area contributed by atoms with Crippen molar-refractivity contribution in [1.29, 1.82) is 0 Å². The van der Waals surface area contributed by atoms with Crippen molar-refractivity contribution < 1.29 is 14.3 Å². The molecule has 1 amide bonds. The number of benzene rings is 1. The molecule has 0 bridgehead atoms. The van der Waals surface area contributed by atoms with Crippen LogP contribution >= 0.6 is 11.6 Å². The van der Waals surface area contributed by atoms with Crippen molar-refractivity contribution in [3.05, 3.63) is 55.5 Å². The van der Waals surface area contributed by atoms with Crippen molar-refractivity contribution in [1.82, 2.24) is 15.2 Å². The lowest BCUT2D eigenvalue weighted by molar-refractivity contribution is -0.123. The van der Waals surface area contributed by atoms with Gasteiger partial charge in [-0.25, -0.2) is 0 Å². The van der Waals surface area contributed by atoms with Gasteiger partial charge in [0.1, 0.15) is 0 Å². The zero-order valence-electron chi connectivity index (χ0n) is 20.8. The van der Waals surface area contributed by atoms with Crippen LogP contribution in [0.25, 0.3) is 0 Å². The fourth-order valence-corrected chi connectivity index (χ4v) is 5.46. The molecule has 4 rings (SSSR count). The number of aromatic nitrogens is 1.